The zero-order chi connectivity index (χ0) is 15.0. The van der Waals surface area contributed by atoms with Crippen molar-refractivity contribution in [1.82, 2.24) is 19.9 Å². The average Bonchev–Trinajstić information content (AvgIpc) is 2.83. The van der Waals surface area contributed by atoms with Gasteiger partial charge in [0.15, 0.2) is 5.65 Å². The molecule has 4 nitrogen and oxygen atoms in total. The number of pyridine rings is 1. The Kier molecular flexibility index (Phi) is 3.79. The van der Waals surface area contributed by atoms with Gasteiger partial charge in [-0.05, 0) is 37.9 Å². The summed E-state index contributed by atoms with van der Waals surface area (Å²) in [5.41, 5.74) is -0.522. The minimum absolute atomic E-state index is 0.0367. The first kappa shape index (κ1) is 14.6. The molecule has 8 heteroatoms. The summed E-state index contributed by atoms with van der Waals surface area (Å²) in [6.45, 7) is 1.84. The fourth-order valence-corrected chi connectivity index (χ4v) is 2.90. The lowest BCUT2D eigenvalue weighted by Gasteiger charge is -2.21. The molecule has 0 spiro atoms. The molecule has 21 heavy (non-hydrogen) atoms. The van der Waals surface area contributed by atoms with Gasteiger partial charge in [0.1, 0.15) is 5.82 Å². The van der Waals surface area contributed by atoms with Crippen LogP contribution in [0.4, 0.5) is 13.2 Å². The SMILES string of the molecule is FC(F)(F)c1cc(Cl)c2nnc(CC3CCCNC3)n2c1. The van der Waals surface area contributed by atoms with Gasteiger partial charge < -0.3 is 5.32 Å². The van der Waals surface area contributed by atoms with Crippen molar-refractivity contribution in [3.05, 3.63) is 28.7 Å². The molecule has 2 aromatic rings. The van der Waals surface area contributed by atoms with Crippen LogP contribution in [0.2, 0.25) is 5.02 Å². The quantitative estimate of drug-likeness (QED) is 0.925. The van der Waals surface area contributed by atoms with E-state index in [0.29, 0.717) is 18.2 Å². The number of rotatable bonds is 2. The zero-order valence-corrected chi connectivity index (χ0v) is 11.9. The van der Waals surface area contributed by atoms with Gasteiger partial charge in [-0.15, -0.1) is 10.2 Å². The van der Waals surface area contributed by atoms with E-state index in [2.05, 4.69) is 15.5 Å². The van der Waals surface area contributed by atoms with Crippen LogP contribution in [0.15, 0.2) is 12.3 Å². The Labute approximate surface area is 124 Å². The highest BCUT2D eigenvalue weighted by atomic mass is 35.5. The van der Waals surface area contributed by atoms with Gasteiger partial charge in [-0.1, -0.05) is 11.6 Å². The molecule has 0 amide bonds. The molecule has 1 fully saturated rings. The molecule has 1 aliphatic heterocycles. The summed E-state index contributed by atoms with van der Waals surface area (Å²) in [7, 11) is 0. The van der Waals surface area contributed by atoms with Gasteiger partial charge in [0, 0.05) is 12.6 Å². The molecular weight excluding hydrogens is 305 g/mol. The fraction of sp³-hybridized carbons (Fsp3) is 0.538. The van der Waals surface area contributed by atoms with E-state index in [1.54, 1.807) is 0 Å². The van der Waals surface area contributed by atoms with E-state index in [1.165, 1.54) is 4.40 Å². The fourth-order valence-electron chi connectivity index (χ4n) is 2.65. The number of hydrogen-bond donors (Lipinski definition) is 1. The van der Waals surface area contributed by atoms with E-state index < -0.39 is 11.7 Å². The Balaban J connectivity index is 1.97. The normalized spacial score (nSPS) is 20.1. The van der Waals surface area contributed by atoms with Crippen LogP contribution in [-0.4, -0.2) is 27.7 Å². The van der Waals surface area contributed by atoms with E-state index in [9.17, 15) is 13.2 Å². The summed E-state index contributed by atoms with van der Waals surface area (Å²) < 4.78 is 40.0. The van der Waals surface area contributed by atoms with Crippen molar-refractivity contribution >= 4 is 17.2 Å². The van der Waals surface area contributed by atoms with Crippen LogP contribution in [0, 0.1) is 5.92 Å². The summed E-state index contributed by atoms with van der Waals surface area (Å²) in [4.78, 5) is 0. The van der Waals surface area contributed by atoms with E-state index in [1.807, 2.05) is 0 Å². The Morgan fingerprint density at radius 1 is 1.38 bits per heavy atom. The lowest BCUT2D eigenvalue weighted by atomic mass is 9.96. The first-order valence-electron chi connectivity index (χ1n) is 6.76. The summed E-state index contributed by atoms with van der Waals surface area (Å²) in [6, 6.07) is 0.886. The topological polar surface area (TPSA) is 42.2 Å². The average molecular weight is 319 g/mol. The summed E-state index contributed by atoms with van der Waals surface area (Å²) in [5, 5.41) is 11.1. The van der Waals surface area contributed by atoms with Gasteiger partial charge in [-0.2, -0.15) is 13.2 Å². The van der Waals surface area contributed by atoms with Gasteiger partial charge in [0.2, 0.25) is 0 Å². The number of aromatic nitrogens is 3. The molecule has 0 saturated carbocycles. The third-order valence-electron chi connectivity index (χ3n) is 3.73. The second-order valence-electron chi connectivity index (χ2n) is 5.30. The van der Waals surface area contributed by atoms with Gasteiger partial charge in [0.25, 0.3) is 0 Å². The van der Waals surface area contributed by atoms with E-state index in [0.717, 1.165) is 38.2 Å². The molecule has 2 aromatic heterocycles. The number of fused-ring (bicyclic) bond motifs is 1. The zero-order valence-electron chi connectivity index (χ0n) is 11.1. The maximum atomic E-state index is 12.9. The molecule has 0 aliphatic carbocycles. The molecule has 1 aliphatic rings. The Morgan fingerprint density at radius 2 is 2.19 bits per heavy atom. The van der Waals surface area contributed by atoms with E-state index >= 15 is 0 Å². The number of hydrogen-bond acceptors (Lipinski definition) is 3. The molecule has 3 rings (SSSR count). The predicted molar refractivity (Wildman–Crippen MR) is 72.3 cm³/mol. The Bertz CT molecular complexity index is 647. The number of nitrogens with one attached hydrogen (secondary N) is 1. The van der Waals surface area contributed by atoms with Crippen molar-refractivity contribution in [2.45, 2.75) is 25.4 Å². The lowest BCUT2D eigenvalue weighted by Crippen LogP contribution is -2.31. The van der Waals surface area contributed by atoms with Crippen LogP contribution >= 0.6 is 11.6 Å². The standard InChI is InChI=1S/C13H14ClF3N4/c14-10-5-9(13(15,16)17)7-21-11(19-20-12(10)21)4-8-2-1-3-18-6-8/h5,7-8,18H,1-4,6H2. The lowest BCUT2D eigenvalue weighted by molar-refractivity contribution is -0.137. The number of halogens is 4. The van der Waals surface area contributed by atoms with Crippen LogP contribution in [0.25, 0.3) is 5.65 Å². The molecule has 1 unspecified atom stereocenters. The van der Waals surface area contributed by atoms with Crippen molar-refractivity contribution in [2.75, 3.05) is 13.1 Å². The van der Waals surface area contributed by atoms with Gasteiger partial charge in [-0.25, -0.2) is 0 Å². The Hall–Kier alpha value is -1.34. The first-order valence-corrected chi connectivity index (χ1v) is 7.14. The second kappa shape index (κ2) is 5.46. The summed E-state index contributed by atoms with van der Waals surface area (Å²) >= 11 is 5.89. The molecule has 1 atom stereocenters. The van der Waals surface area contributed by atoms with Crippen molar-refractivity contribution in [2.24, 2.45) is 5.92 Å². The highest BCUT2D eigenvalue weighted by molar-refractivity contribution is 6.33. The third-order valence-corrected chi connectivity index (χ3v) is 4.01. The van der Waals surface area contributed by atoms with Crippen molar-refractivity contribution in [3.8, 4) is 0 Å². The molecule has 114 valence electrons. The van der Waals surface area contributed by atoms with Crippen LogP contribution in [0.5, 0.6) is 0 Å². The maximum Gasteiger partial charge on any atom is 0.417 e. The maximum absolute atomic E-state index is 12.9. The highest BCUT2D eigenvalue weighted by Gasteiger charge is 2.32. The van der Waals surface area contributed by atoms with Crippen molar-refractivity contribution in [3.63, 3.8) is 0 Å². The molecule has 1 N–H and O–H groups in total. The first-order chi connectivity index (χ1) is 9.95. The van der Waals surface area contributed by atoms with Crippen LogP contribution in [0.1, 0.15) is 24.2 Å². The van der Waals surface area contributed by atoms with E-state index in [-0.39, 0.29) is 10.7 Å². The monoisotopic (exact) mass is 318 g/mol. The minimum atomic E-state index is -4.44. The summed E-state index contributed by atoms with van der Waals surface area (Å²) in [6.07, 6.45) is -0.727. The molecular formula is C13H14ClF3N4. The van der Waals surface area contributed by atoms with Crippen LogP contribution < -0.4 is 5.32 Å². The van der Waals surface area contributed by atoms with Crippen LogP contribution in [-0.2, 0) is 12.6 Å². The van der Waals surface area contributed by atoms with E-state index in [4.69, 9.17) is 11.6 Å². The largest absolute Gasteiger partial charge is 0.417 e. The molecule has 0 aromatic carbocycles. The highest BCUT2D eigenvalue weighted by Crippen LogP contribution is 2.32. The molecule has 1 saturated heterocycles. The predicted octanol–water partition coefficient (Wildman–Crippen LogP) is 2.94. The smallest absolute Gasteiger partial charge is 0.316 e. The number of alkyl halides is 3. The second-order valence-corrected chi connectivity index (χ2v) is 5.71. The van der Waals surface area contributed by atoms with Gasteiger partial charge >= 0.3 is 6.18 Å². The third kappa shape index (κ3) is 2.98. The van der Waals surface area contributed by atoms with Crippen molar-refractivity contribution in [1.29, 1.82) is 0 Å². The van der Waals surface area contributed by atoms with Crippen molar-refractivity contribution < 1.29 is 13.2 Å². The van der Waals surface area contributed by atoms with Gasteiger partial charge in [-0.3, -0.25) is 4.40 Å². The van der Waals surface area contributed by atoms with Crippen LogP contribution in [0.3, 0.4) is 0 Å². The number of piperidine rings is 1. The molecule has 0 radical (unpaired) electrons. The Morgan fingerprint density at radius 3 is 2.86 bits per heavy atom. The molecule has 0 bridgehead atoms. The minimum Gasteiger partial charge on any atom is -0.316 e. The number of nitrogens with zero attached hydrogens (tertiary/aromatic N) is 3. The van der Waals surface area contributed by atoms with Gasteiger partial charge in [0.05, 0.1) is 10.6 Å². The molecule has 3 heterocycles. The summed E-state index contributed by atoms with van der Waals surface area (Å²) in [5.74, 6) is 0.881.